The zero-order chi connectivity index (χ0) is 13.7. The molecule has 1 amide bonds. The van der Waals surface area contributed by atoms with Gasteiger partial charge in [0.25, 0.3) is 0 Å². The van der Waals surface area contributed by atoms with Gasteiger partial charge < -0.3 is 4.90 Å². The van der Waals surface area contributed by atoms with Gasteiger partial charge in [0, 0.05) is 17.6 Å². The van der Waals surface area contributed by atoms with Gasteiger partial charge in [-0.2, -0.15) is 0 Å². The monoisotopic (exact) mass is 271 g/mol. The molecule has 0 radical (unpaired) electrons. The van der Waals surface area contributed by atoms with Crippen LogP contribution in [0, 0.1) is 6.92 Å². The Kier molecular flexibility index (Phi) is 4.63. The first-order valence-electron chi connectivity index (χ1n) is 6.18. The molecule has 0 aliphatic rings. The average molecular weight is 271 g/mol. The fourth-order valence-electron chi connectivity index (χ4n) is 1.67. The normalized spacial score (nSPS) is 10.2. The Labute approximate surface area is 118 Å². The molecule has 0 saturated carbocycles. The number of amides is 1. The van der Waals surface area contributed by atoms with Crippen molar-refractivity contribution in [2.24, 2.45) is 0 Å². The Hall–Kier alpha value is -1.74. The van der Waals surface area contributed by atoms with Gasteiger partial charge in [0.2, 0.25) is 5.91 Å². The lowest BCUT2D eigenvalue weighted by Crippen LogP contribution is -2.27. The van der Waals surface area contributed by atoms with E-state index in [0.717, 1.165) is 10.6 Å². The van der Waals surface area contributed by atoms with Crippen LogP contribution < -0.4 is 4.90 Å². The van der Waals surface area contributed by atoms with E-state index in [2.05, 4.69) is 0 Å². The standard InChI is InChI=1S/C16H17NOS/c1-13-8-10-14(11-9-13)17(2)16(18)12-19-15-6-4-3-5-7-15/h3-11H,12H2,1-2H3. The number of carbonyl (C=O) groups is 1. The number of rotatable bonds is 4. The van der Waals surface area contributed by atoms with E-state index >= 15 is 0 Å². The van der Waals surface area contributed by atoms with Gasteiger partial charge in [-0.25, -0.2) is 0 Å². The fraction of sp³-hybridized carbons (Fsp3) is 0.188. The number of carbonyl (C=O) groups excluding carboxylic acids is 1. The minimum Gasteiger partial charge on any atom is -0.315 e. The summed E-state index contributed by atoms with van der Waals surface area (Å²) in [7, 11) is 1.82. The molecule has 2 rings (SSSR count). The summed E-state index contributed by atoms with van der Waals surface area (Å²) in [6, 6.07) is 18.0. The molecule has 0 unspecified atom stereocenters. The van der Waals surface area contributed by atoms with E-state index in [1.807, 2.05) is 68.6 Å². The summed E-state index contributed by atoms with van der Waals surface area (Å²) in [6.45, 7) is 2.04. The summed E-state index contributed by atoms with van der Waals surface area (Å²) < 4.78 is 0. The van der Waals surface area contributed by atoms with Crippen LogP contribution in [0.25, 0.3) is 0 Å². The third kappa shape index (κ3) is 3.86. The number of hydrogen-bond acceptors (Lipinski definition) is 2. The van der Waals surface area contributed by atoms with Gasteiger partial charge in [0.05, 0.1) is 5.75 Å². The maximum Gasteiger partial charge on any atom is 0.237 e. The van der Waals surface area contributed by atoms with Crippen molar-refractivity contribution in [3.05, 3.63) is 60.2 Å². The zero-order valence-corrected chi connectivity index (χ0v) is 12.0. The Balaban J connectivity index is 1.94. The van der Waals surface area contributed by atoms with Gasteiger partial charge in [-0.15, -0.1) is 11.8 Å². The van der Waals surface area contributed by atoms with E-state index in [0.29, 0.717) is 5.75 Å². The first kappa shape index (κ1) is 13.7. The van der Waals surface area contributed by atoms with E-state index in [4.69, 9.17) is 0 Å². The number of benzene rings is 2. The largest absolute Gasteiger partial charge is 0.315 e. The Morgan fingerprint density at radius 3 is 2.32 bits per heavy atom. The zero-order valence-electron chi connectivity index (χ0n) is 11.2. The maximum atomic E-state index is 12.1. The molecule has 0 aliphatic carbocycles. The Morgan fingerprint density at radius 2 is 1.68 bits per heavy atom. The summed E-state index contributed by atoms with van der Waals surface area (Å²) in [4.78, 5) is 14.9. The molecule has 2 aromatic rings. The van der Waals surface area contributed by atoms with Crippen LogP contribution in [0.3, 0.4) is 0 Å². The minimum absolute atomic E-state index is 0.109. The highest BCUT2D eigenvalue weighted by atomic mass is 32.2. The second-order valence-electron chi connectivity index (χ2n) is 4.39. The van der Waals surface area contributed by atoms with Crippen molar-refractivity contribution >= 4 is 23.4 Å². The number of anilines is 1. The first-order chi connectivity index (χ1) is 9.16. The van der Waals surface area contributed by atoms with E-state index in [9.17, 15) is 4.79 Å². The lowest BCUT2D eigenvalue weighted by atomic mass is 10.2. The van der Waals surface area contributed by atoms with Gasteiger partial charge in [0.1, 0.15) is 0 Å². The molecule has 98 valence electrons. The second-order valence-corrected chi connectivity index (χ2v) is 5.44. The van der Waals surface area contributed by atoms with Crippen molar-refractivity contribution in [1.29, 1.82) is 0 Å². The van der Waals surface area contributed by atoms with Crippen molar-refractivity contribution in [2.75, 3.05) is 17.7 Å². The molecule has 0 fully saturated rings. The van der Waals surface area contributed by atoms with E-state index in [-0.39, 0.29) is 5.91 Å². The summed E-state index contributed by atoms with van der Waals surface area (Å²) in [6.07, 6.45) is 0. The van der Waals surface area contributed by atoms with Crippen molar-refractivity contribution in [3.63, 3.8) is 0 Å². The molecule has 0 bridgehead atoms. The predicted octanol–water partition coefficient (Wildman–Crippen LogP) is 3.75. The maximum absolute atomic E-state index is 12.1. The van der Waals surface area contributed by atoms with Crippen LogP contribution in [0.5, 0.6) is 0 Å². The van der Waals surface area contributed by atoms with Gasteiger partial charge in [-0.05, 0) is 31.2 Å². The summed E-state index contributed by atoms with van der Waals surface area (Å²) in [5.74, 6) is 0.562. The van der Waals surface area contributed by atoms with Crippen LogP contribution in [0.2, 0.25) is 0 Å². The van der Waals surface area contributed by atoms with Gasteiger partial charge in [0.15, 0.2) is 0 Å². The van der Waals surface area contributed by atoms with Gasteiger partial charge in [-0.3, -0.25) is 4.79 Å². The Morgan fingerprint density at radius 1 is 1.05 bits per heavy atom. The Bertz CT molecular complexity index is 536. The summed E-state index contributed by atoms with van der Waals surface area (Å²) in [5.41, 5.74) is 2.13. The topological polar surface area (TPSA) is 20.3 Å². The molecule has 0 aromatic heterocycles. The van der Waals surface area contributed by atoms with E-state index in [1.54, 1.807) is 16.7 Å². The molecule has 0 aliphatic heterocycles. The number of aryl methyl sites for hydroxylation is 1. The molecule has 2 nitrogen and oxygen atoms in total. The van der Waals surface area contributed by atoms with Crippen molar-refractivity contribution < 1.29 is 4.79 Å². The van der Waals surface area contributed by atoms with E-state index in [1.165, 1.54) is 5.56 Å². The van der Waals surface area contributed by atoms with Crippen LogP contribution in [0.1, 0.15) is 5.56 Å². The van der Waals surface area contributed by atoms with Crippen LogP contribution in [-0.2, 0) is 4.79 Å². The van der Waals surface area contributed by atoms with Crippen LogP contribution >= 0.6 is 11.8 Å². The smallest absolute Gasteiger partial charge is 0.237 e. The third-order valence-electron chi connectivity index (χ3n) is 2.90. The lowest BCUT2D eigenvalue weighted by Gasteiger charge is -2.17. The van der Waals surface area contributed by atoms with Crippen LogP contribution in [0.15, 0.2) is 59.5 Å². The van der Waals surface area contributed by atoms with Crippen molar-refractivity contribution in [2.45, 2.75) is 11.8 Å². The van der Waals surface area contributed by atoms with Crippen LogP contribution in [0.4, 0.5) is 5.69 Å². The highest BCUT2D eigenvalue weighted by Crippen LogP contribution is 2.19. The number of nitrogens with zero attached hydrogens (tertiary/aromatic N) is 1. The fourth-order valence-corrected chi connectivity index (χ4v) is 2.50. The molecule has 0 N–H and O–H groups in total. The van der Waals surface area contributed by atoms with Gasteiger partial charge >= 0.3 is 0 Å². The summed E-state index contributed by atoms with van der Waals surface area (Å²) in [5, 5.41) is 0. The first-order valence-corrected chi connectivity index (χ1v) is 7.16. The molecule has 3 heteroatoms. The van der Waals surface area contributed by atoms with Crippen LogP contribution in [-0.4, -0.2) is 18.7 Å². The molecule has 0 saturated heterocycles. The van der Waals surface area contributed by atoms with Crippen molar-refractivity contribution in [1.82, 2.24) is 0 Å². The third-order valence-corrected chi connectivity index (χ3v) is 3.90. The highest BCUT2D eigenvalue weighted by Gasteiger charge is 2.10. The number of hydrogen-bond donors (Lipinski definition) is 0. The van der Waals surface area contributed by atoms with E-state index < -0.39 is 0 Å². The lowest BCUT2D eigenvalue weighted by molar-refractivity contribution is -0.115. The summed E-state index contributed by atoms with van der Waals surface area (Å²) >= 11 is 1.56. The molecule has 2 aromatic carbocycles. The second kappa shape index (κ2) is 6.43. The van der Waals surface area contributed by atoms with Gasteiger partial charge in [-0.1, -0.05) is 35.9 Å². The highest BCUT2D eigenvalue weighted by molar-refractivity contribution is 8.00. The predicted molar refractivity (Wildman–Crippen MR) is 81.8 cm³/mol. The molecular formula is C16H17NOS. The molecule has 0 heterocycles. The molecule has 0 atom stereocenters. The SMILES string of the molecule is Cc1ccc(N(C)C(=O)CSc2ccccc2)cc1. The quantitative estimate of drug-likeness (QED) is 0.789. The molecule has 0 spiro atoms. The molecule has 19 heavy (non-hydrogen) atoms. The number of thioether (sulfide) groups is 1. The minimum atomic E-state index is 0.109. The van der Waals surface area contributed by atoms with Crippen molar-refractivity contribution in [3.8, 4) is 0 Å². The molecular weight excluding hydrogens is 254 g/mol. The average Bonchev–Trinajstić information content (AvgIpc) is 2.46.